The third kappa shape index (κ3) is 2.40. The largest absolute Gasteiger partial charge is 0.314 e. The number of piperazine rings is 1. The van der Waals surface area contributed by atoms with Crippen molar-refractivity contribution in [3.63, 3.8) is 0 Å². The zero-order chi connectivity index (χ0) is 11.7. The second-order valence-corrected chi connectivity index (χ2v) is 6.14. The van der Waals surface area contributed by atoms with Crippen molar-refractivity contribution >= 4 is 37.4 Å². The van der Waals surface area contributed by atoms with Gasteiger partial charge >= 0.3 is 0 Å². The van der Waals surface area contributed by atoms with Crippen molar-refractivity contribution in [3.05, 3.63) is 33.6 Å². The van der Waals surface area contributed by atoms with Crippen LogP contribution in [0.5, 0.6) is 0 Å². The molecule has 0 amide bonds. The van der Waals surface area contributed by atoms with E-state index in [-0.39, 0.29) is 0 Å². The van der Waals surface area contributed by atoms with Crippen LogP contribution in [0.1, 0.15) is 5.56 Å². The summed E-state index contributed by atoms with van der Waals surface area (Å²) in [4.78, 5) is 2.53. The highest BCUT2D eigenvalue weighted by Gasteiger charge is 2.13. The second kappa shape index (κ2) is 5.06. The highest BCUT2D eigenvalue weighted by molar-refractivity contribution is 9.10. The molecular formula is C13H15BrN2S. The molecule has 1 aromatic carbocycles. The summed E-state index contributed by atoms with van der Waals surface area (Å²) in [5.74, 6) is 0. The Balaban J connectivity index is 1.87. The van der Waals surface area contributed by atoms with Crippen LogP contribution in [0.25, 0.3) is 10.1 Å². The van der Waals surface area contributed by atoms with E-state index in [1.807, 2.05) is 11.3 Å². The summed E-state index contributed by atoms with van der Waals surface area (Å²) in [7, 11) is 0. The molecule has 1 saturated heterocycles. The molecule has 1 N–H and O–H groups in total. The van der Waals surface area contributed by atoms with Gasteiger partial charge in [-0.2, -0.15) is 0 Å². The zero-order valence-electron chi connectivity index (χ0n) is 9.58. The Morgan fingerprint density at radius 3 is 2.94 bits per heavy atom. The Hall–Kier alpha value is -0.420. The number of nitrogens with zero attached hydrogens (tertiary/aromatic N) is 1. The van der Waals surface area contributed by atoms with Crippen LogP contribution in [0.4, 0.5) is 0 Å². The lowest BCUT2D eigenvalue weighted by molar-refractivity contribution is 0.234. The van der Waals surface area contributed by atoms with E-state index in [4.69, 9.17) is 0 Å². The van der Waals surface area contributed by atoms with E-state index in [0.717, 1.165) is 32.7 Å². The molecule has 0 atom stereocenters. The average molecular weight is 311 g/mol. The normalized spacial score (nSPS) is 17.7. The highest BCUT2D eigenvalue weighted by atomic mass is 79.9. The van der Waals surface area contributed by atoms with Crippen LogP contribution < -0.4 is 5.32 Å². The minimum atomic E-state index is 1.08. The minimum Gasteiger partial charge on any atom is -0.314 e. The van der Waals surface area contributed by atoms with Gasteiger partial charge in [0.1, 0.15) is 0 Å². The van der Waals surface area contributed by atoms with Gasteiger partial charge in [-0.3, -0.25) is 4.90 Å². The summed E-state index contributed by atoms with van der Waals surface area (Å²) in [6, 6.07) is 6.47. The van der Waals surface area contributed by atoms with Gasteiger partial charge in [-0.25, -0.2) is 0 Å². The molecule has 17 heavy (non-hydrogen) atoms. The molecule has 90 valence electrons. The van der Waals surface area contributed by atoms with Gasteiger partial charge in [-0.1, -0.05) is 12.1 Å². The molecule has 0 aliphatic carbocycles. The predicted octanol–water partition coefficient (Wildman–Crippen LogP) is 3.07. The minimum absolute atomic E-state index is 1.08. The summed E-state index contributed by atoms with van der Waals surface area (Å²) in [6.07, 6.45) is 0. The topological polar surface area (TPSA) is 15.3 Å². The number of nitrogens with one attached hydrogen (secondary N) is 1. The summed E-state index contributed by atoms with van der Waals surface area (Å²) < 4.78 is 2.59. The number of halogens is 1. The Bertz CT molecular complexity index is 517. The first kappa shape index (κ1) is 11.7. The van der Waals surface area contributed by atoms with Crippen molar-refractivity contribution in [3.8, 4) is 0 Å². The van der Waals surface area contributed by atoms with E-state index >= 15 is 0 Å². The van der Waals surface area contributed by atoms with Crippen LogP contribution in [0.3, 0.4) is 0 Å². The van der Waals surface area contributed by atoms with Crippen LogP contribution in [0.2, 0.25) is 0 Å². The van der Waals surface area contributed by atoms with E-state index in [0.29, 0.717) is 0 Å². The highest BCUT2D eigenvalue weighted by Crippen LogP contribution is 2.32. The molecule has 1 fully saturated rings. The summed E-state index contributed by atoms with van der Waals surface area (Å²) >= 11 is 5.46. The van der Waals surface area contributed by atoms with Crippen molar-refractivity contribution in [1.29, 1.82) is 0 Å². The molecule has 0 radical (unpaired) electrons. The summed E-state index contributed by atoms with van der Waals surface area (Å²) in [5.41, 5.74) is 1.47. The van der Waals surface area contributed by atoms with Crippen molar-refractivity contribution in [2.45, 2.75) is 6.54 Å². The van der Waals surface area contributed by atoms with Crippen LogP contribution in [-0.4, -0.2) is 31.1 Å². The maximum atomic E-state index is 3.62. The smallest absolute Gasteiger partial charge is 0.0488 e. The molecule has 0 bridgehead atoms. The second-order valence-electron chi connectivity index (χ2n) is 4.40. The molecule has 4 heteroatoms. The van der Waals surface area contributed by atoms with E-state index in [2.05, 4.69) is 49.7 Å². The zero-order valence-corrected chi connectivity index (χ0v) is 12.0. The third-order valence-corrected chi connectivity index (χ3v) is 5.24. The van der Waals surface area contributed by atoms with Gasteiger partial charge in [-0.05, 0) is 38.3 Å². The SMILES string of the molecule is Brc1cccc2c(CN3CCNCC3)csc12. The van der Waals surface area contributed by atoms with Crippen molar-refractivity contribution in [2.24, 2.45) is 0 Å². The lowest BCUT2D eigenvalue weighted by atomic mass is 10.1. The van der Waals surface area contributed by atoms with Crippen LogP contribution in [0.15, 0.2) is 28.1 Å². The van der Waals surface area contributed by atoms with Crippen molar-refractivity contribution in [2.75, 3.05) is 26.2 Å². The van der Waals surface area contributed by atoms with Gasteiger partial charge in [-0.15, -0.1) is 11.3 Å². The first-order chi connectivity index (χ1) is 8.34. The molecule has 1 aliphatic heterocycles. The molecule has 0 unspecified atom stereocenters. The maximum Gasteiger partial charge on any atom is 0.0488 e. The third-order valence-electron chi connectivity index (χ3n) is 3.24. The predicted molar refractivity (Wildman–Crippen MR) is 77.7 cm³/mol. The van der Waals surface area contributed by atoms with Crippen LogP contribution in [0, 0.1) is 0 Å². The monoisotopic (exact) mass is 310 g/mol. The lowest BCUT2D eigenvalue weighted by Gasteiger charge is -2.26. The molecule has 0 spiro atoms. The molecule has 1 aromatic heterocycles. The molecular weight excluding hydrogens is 296 g/mol. The standard InChI is InChI=1S/C13H15BrN2S/c14-12-3-1-2-11-10(9-17-13(11)12)8-16-6-4-15-5-7-16/h1-3,9,15H,4-8H2. The Labute approximate surface area is 114 Å². The van der Waals surface area contributed by atoms with E-state index in [1.54, 1.807) is 0 Å². The fraction of sp³-hybridized carbons (Fsp3) is 0.385. The Morgan fingerprint density at radius 1 is 1.29 bits per heavy atom. The summed E-state index contributed by atoms with van der Waals surface area (Å²) in [5, 5.41) is 7.10. The molecule has 2 heterocycles. The van der Waals surface area contributed by atoms with Gasteiger partial charge in [0, 0.05) is 41.9 Å². The number of thiophene rings is 1. The molecule has 1 aliphatic rings. The van der Waals surface area contributed by atoms with E-state index < -0.39 is 0 Å². The van der Waals surface area contributed by atoms with Gasteiger partial charge < -0.3 is 5.32 Å². The quantitative estimate of drug-likeness (QED) is 0.917. The number of hydrogen-bond acceptors (Lipinski definition) is 3. The number of rotatable bonds is 2. The molecule has 2 aromatic rings. The van der Waals surface area contributed by atoms with E-state index in [9.17, 15) is 0 Å². The first-order valence-electron chi connectivity index (χ1n) is 5.92. The van der Waals surface area contributed by atoms with Gasteiger partial charge in [0.25, 0.3) is 0 Å². The average Bonchev–Trinajstić information content (AvgIpc) is 2.76. The van der Waals surface area contributed by atoms with Gasteiger partial charge in [0.2, 0.25) is 0 Å². The molecule has 0 saturated carbocycles. The van der Waals surface area contributed by atoms with Crippen LogP contribution >= 0.6 is 27.3 Å². The summed E-state index contributed by atoms with van der Waals surface area (Å²) in [6.45, 7) is 5.63. The lowest BCUT2D eigenvalue weighted by Crippen LogP contribution is -2.42. The molecule has 2 nitrogen and oxygen atoms in total. The fourth-order valence-electron chi connectivity index (χ4n) is 2.31. The Morgan fingerprint density at radius 2 is 2.12 bits per heavy atom. The molecule has 3 rings (SSSR count). The fourth-order valence-corrected chi connectivity index (χ4v) is 3.92. The van der Waals surface area contributed by atoms with Gasteiger partial charge in [0.05, 0.1) is 0 Å². The number of hydrogen-bond donors (Lipinski definition) is 1. The van der Waals surface area contributed by atoms with Crippen molar-refractivity contribution < 1.29 is 0 Å². The number of fused-ring (bicyclic) bond motifs is 1. The van der Waals surface area contributed by atoms with Crippen LogP contribution in [-0.2, 0) is 6.54 Å². The number of benzene rings is 1. The van der Waals surface area contributed by atoms with Gasteiger partial charge in [0.15, 0.2) is 0 Å². The van der Waals surface area contributed by atoms with Crippen molar-refractivity contribution in [1.82, 2.24) is 10.2 Å². The van der Waals surface area contributed by atoms with E-state index in [1.165, 1.54) is 20.1 Å². The first-order valence-corrected chi connectivity index (χ1v) is 7.59. The maximum absolute atomic E-state index is 3.62. The Kier molecular flexibility index (Phi) is 3.47.